The molecule has 1 N–H and O–H groups in total. The lowest BCUT2D eigenvalue weighted by Crippen LogP contribution is -2.43. The Balaban J connectivity index is 2.23. The van der Waals surface area contributed by atoms with Crippen molar-refractivity contribution in [1.82, 2.24) is 19.9 Å². The molecule has 0 radical (unpaired) electrons. The van der Waals surface area contributed by atoms with Crippen molar-refractivity contribution in [2.75, 3.05) is 0 Å². The summed E-state index contributed by atoms with van der Waals surface area (Å²) in [5.41, 5.74) is 1.36. The molecule has 0 aliphatic carbocycles. The van der Waals surface area contributed by atoms with Crippen LogP contribution in [0.25, 0.3) is 11.0 Å². The maximum absolute atomic E-state index is 11.9. The van der Waals surface area contributed by atoms with Gasteiger partial charge in [-0.25, -0.2) is 4.98 Å². The van der Waals surface area contributed by atoms with Crippen molar-refractivity contribution in [3.8, 4) is 0 Å². The fourth-order valence-electron chi connectivity index (χ4n) is 2.15. The molecule has 3 heterocycles. The highest BCUT2D eigenvalue weighted by atomic mass is 35.5. The molecule has 1 unspecified atom stereocenters. The van der Waals surface area contributed by atoms with Crippen molar-refractivity contribution in [2.24, 2.45) is 0 Å². The zero-order valence-electron chi connectivity index (χ0n) is 9.27. The second-order valence-corrected chi connectivity index (χ2v) is 4.47. The van der Waals surface area contributed by atoms with E-state index < -0.39 is 0 Å². The van der Waals surface area contributed by atoms with Gasteiger partial charge < -0.3 is 9.88 Å². The highest BCUT2D eigenvalue weighted by Gasteiger charge is 2.25. The van der Waals surface area contributed by atoms with E-state index in [1.165, 1.54) is 0 Å². The Morgan fingerprint density at radius 3 is 3.24 bits per heavy atom. The minimum Gasteiger partial charge on any atom is -0.346 e. The van der Waals surface area contributed by atoms with Crippen LogP contribution in [0.15, 0.2) is 12.3 Å². The third kappa shape index (κ3) is 1.58. The van der Waals surface area contributed by atoms with E-state index in [9.17, 15) is 4.79 Å². The van der Waals surface area contributed by atoms with E-state index in [0.717, 1.165) is 24.0 Å². The van der Waals surface area contributed by atoms with Crippen molar-refractivity contribution in [1.29, 1.82) is 0 Å². The van der Waals surface area contributed by atoms with E-state index in [0.29, 0.717) is 5.69 Å². The first-order valence-corrected chi connectivity index (χ1v) is 5.89. The van der Waals surface area contributed by atoms with Gasteiger partial charge in [0.25, 0.3) is 5.91 Å². The predicted molar refractivity (Wildman–Crippen MR) is 64.1 cm³/mol. The molecule has 0 saturated carbocycles. The average molecular weight is 251 g/mol. The summed E-state index contributed by atoms with van der Waals surface area (Å²) in [6, 6.07) is 1.95. The van der Waals surface area contributed by atoms with Gasteiger partial charge in [-0.2, -0.15) is 4.98 Å². The van der Waals surface area contributed by atoms with Crippen LogP contribution in [0.4, 0.5) is 0 Å². The van der Waals surface area contributed by atoms with Crippen molar-refractivity contribution in [2.45, 2.75) is 25.9 Å². The van der Waals surface area contributed by atoms with Crippen molar-refractivity contribution >= 4 is 28.5 Å². The summed E-state index contributed by atoms with van der Waals surface area (Å²) < 4.78 is 1.91. The molecule has 0 spiro atoms. The Morgan fingerprint density at radius 1 is 1.65 bits per heavy atom. The summed E-state index contributed by atoms with van der Waals surface area (Å²) >= 11 is 5.79. The van der Waals surface area contributed by atoms with Gasteiger partial charge in [0.1, 0.15) is 11.3 Å². The van der Waals surface area contributed by atoms with Crippen LogP contribution in [0.5, 0.6) is 0 Å². The lowest BCUT2D eigenvalue weighted by atomic mass is 10.1. The molecule has 0 aromatic carbocycles. The number of nitrogens with one attached hydrogen (secondary N) is 1. The average Bonchev–Trinajstić information content (AvgIpc) is 2.68. The van der Waals surface area contributed by atoms with E-state index in [1.807, 2.05) is 11.5 Å². The smallest absolute Gasteiger partial charge is 0.268 e. The van der Waals surface area contributed by atoms with Gasteiger partial charge in [0.05, 0.1) is 0 Å². The minimum absolute atomic E-state index is 0.0581. The number of amides is 1. The molecule has 1 atom stereocenters. The lowest BCUT2D eigenvalue weighted by Gasteiger charge is -2.24. The number of fused-ring (bicyclic) bond motifs is 3. The Bertz CT molecular complexity index is 607. The molecule has 88 valence electrons. The maximum Gasteiger partial charge on any atom is 0.268 e. The van der Waals surface area contributed by atoms with Crippen LogP contribution >= 0.6 is 11.6 Å². The van der Waals surface area contributed by atoms with E-state index in [4.69, 9.17) is 11.6 Å². The first kappa shape index (κ1) is 10.5. The molecular formula is C11H11ClN4O. The molecule has 0 bridgehead atoms. The molecule has 1 amide bonds. The van der Waals surface area contributed by atoms with Crippen molar-refractivity contribution in [3.63, 3.8) is 0 Å². The Kier molecular flexibility index (Phi) is 2.29. The van der Waals surface area contributed by atoms with Crippen LogP contribution in [-0.4, -0.2) is 26.5 Å². The molecule has 3 rings (SSSR count). The van der Waals surface area contributed by atoms with E-state index in [1.54, 1.807) is 12.3 Å². The number of nitrogens with zero attached hydrogens (tertiary/aromatic N) is 3. The van der Waals surface area contributed by atoms with Crippen molar-refractivity contribution in [3.05, 3.63) is 23.2 Å². The zero-order chi connectivity index (χ0) is 12.0. The summed E-state index contributed by atoms with van der Waals surface area (Å²) in [6.07, 6.45) is 2.54. The van der Waals surface area contributed by atoms with Gasteiger partial charge in [-0.05, 0) is 24.1 Å². The highest BCUT2D eigenvalue weighted by Crippen LogP contribution is 2.22. The Labute approximate surface area is 103 Å². The lowest BCUT2D eigenvalue weighted by molar-refractivity contribution is 0.0900. The van der Waals surface area contributed by atoms with Crippen LogP contribution in [0.2, 0.25) is 5.28 Å². The third-order valence-electron chi connectivity index (χ3n) is 3.07. The monoisotopic (exact) mass is 250 g/mol. The number of rotatable bonds is 1. The standard InChI is InChI=1S/C11H11ClN4O/c1-2-7-5-16-8(10(17)14-7)3-6-4-13-11(12)15-9(6)16/h3-4,7H,2,5H2,1H3,(H,14,17). The molecule has 1 aliphatic rings. The van der Waals surface area contributed by atoms with E-state index in [-0.39, 0.29) is 17.2 Å². The fraction of sp³-hybridized carbons (Fsp3) is 0.364. The summed E-state index contributed by atoms with van der Waals surface area (Å²) in [5, 5.41) is 4.01. The van der Waals surface area contributed by atoms with Gasteiger partial charge in [-0.1, -0.05) is 6.92 Å². The normalized spacial score (nSPS) is 19.2. The molecular weight excluding hydrogens is 240 g/mol. The van der Waals surface area contributed by atoms with Crippen LogP contribution in [0, 0.1) is 0 Å². The molecule has 17 heavy (non-hydrogen) atoms. The van der Waals surface area contributed by atoms with E-state index >= 15 is 0 Å². The number of carbonyl (C=O) groups excluding carboxylic acids is 1. The molecule has 2 aromatic heterocycles. The fourth-order valence-corrected chi connectivity index (χ4v) is 2.28. The summed E-state index contributed by atoms with van der Waals surface area (Å²) in [6.45, 7) is 2.78. The van der Waals surface area contributed by atoms with Crippen LogP contribution in [0.3, 0.4) is 0 Å². The molecule has 6 heteroatoms. The van der Waals surface area contributed by atoms with Gasteiger partial charge in [0.2, 0.25) is 5.28 Å². The zero-order valence-corrected chi connectivity index (χ0v) is 10.0. The van der Waals surface area contributed by atoms with E-state index in [2.05, 4.69) is 15.3 Å². The minimum atomic E-state index is -0.0581. The van der Waals surface area contributed by atoms with Gasteiger partial charge in [-0.15, -0.1) is 0 Å². The quantitative estimate of drug-likeness (QED) is 0.783. The molecule has 0 fully saturated rings. The summed E-state index contributed by atoms with van der Waals surface area (Å²) in [7, 11) is 0. The predicted octanol–water partition coefficient (Wildman–Crippen LogP) is 1.61. The number of carbonyl (C=O) groups is 1. The van der Waals surface area contributed by atoms with Gasteiger partial charge in [-0.3, -0.25) is 4.79 Å². The largest absolute Gasteiger partial charge is 0.346 e. The van der Waals surface area contributed by atoms with Gasteiger partial charge in [0.15, 0.2) is 0 Å². The van der Waals surface area contributed by atoms with Gasteiger partial charge >= 0.3 is 0 Å². The van der Waals surface area contributed by atoms with Crippen LogP contribution in [-0.2, 0) is 6.54 Å². The van der Waals surface area contributed by atoms with Crippen molar-refractivity contribution < 1.29 is 4.79 Å². The SMILES string of the molecule is CCC1Cn2c(cc3cnc(Cl)nc32)C(=O)N1. The maximum atomic E-state index is 11.9. The number of halogens is 1. The molecule has 5 nitrogen and oxygen atoms in total. The van der Waals surface area contributed by atoms with Gasteiger partial charge in [0, 0.05) is 24.2 Å². The summed E-state index contributed by atoms with van der Waals surface area (Å²) in [5.74, 6) is -0.0581. The Morgan fingerprint density at radius 2 is 2.47 bits per heavy atom. The molecule has 1 aliphatic heterocycles. The first-order chi connectivity index (χ1) is 8.19. The highest BCUT2D eigenvalue weighted by molar-refractivity contribution is 6.28. The molecule has 0 saturated heterocycles. The molecule has 2 aromatic rings. The number of hydrogen-bond acceptors (Lipinski definition) is 3. The van der Waals surface area contributed by atoms with Crippen LogP contribution in [0.1, 0.15) is 23.8 Å². The summed E-state index contributed by atoms with van der Waals surface area (Å²) in [4.78, 5) is 20.0. The van der Waals surface area contributed by atoms with Crippen LogP contribution < -0.4 is 5.32 Å². The Hall–Kier alpha value is -1.62. The number of hydrogen-bond donors (Lipinski definition) is 1. The topological polar surface area (TPSA) is 59.8 Å². The third-order valence-corrected chi connectivity index (χ3v) is 3.25. The second kappa shape index (κ2) is 3.70. The number of aromatic nitrogens is 3. The first-order valence-electron chi connectivity index (χ1n) is 5.51. The second-order valence-electron chi connectivity index (χ2n) is 4.14.